The molecule has 2 aromatic carbocycles. The lowest BCUT2D eigenvalue weighted by atomic mass is 9.88. The average Bonchev–Trinajstić information content (AvgIpc) is 3.57. The number of nitrogens with one attached hydrogen (secondary N) is 2. The highest BCUT2D eigenvalue weighted by Gasteiger charge is 2.32. The molecule has 3 aliphatic rings. The number of carbonyl (C=O) groups excluding carboxylic acids is 3. The van der Waals surface area contributed by atoms with Gasteiger partial charge in [0.15, 0.2) is 11.5 Å². The van der Waals surface area contributed by atoms with Crippen molar-refractivity contribution >= 4 is 29.2 Å². The van der Waals surface area contributed by atoms with Crippen molar-refractivity contribution in [3.05, 3.63) is 42.0 Å². The summed E-state index contributed by atoms with van der Waals surface area (Å²) in [5, 5.41) is 15.9. The van der Waals surface area contributed by atoms with E-state index in [2.05, 4.69) is 10.6 Å². The highest BCUT2D eigenvalue weighted by molar-refractivity contribution is 6.02. The maximum Gasteiger partial charge on any atom is 0.323 e. The van der Waals surface area contributed by atoms with Crippen molar-refractivity contribution in [3.8, 4) is 17.2 Å². The molecule has 0 bridgehead atoms. The van der Waals surface area contributed by atoms with Crippen LogP contribution in [-0.2, 0) is 9.53 Å². The van der Waals surface area contributed by atoms with E-state index >= 15 is 0 Å². The van der Waals surface area contributed by atoms with Crippen LogP contribution in [0.15, 0.2) is 36.4 Å². The van der Waals surface area contributed by atoms with E-state index in [4.69, 9.17) is 18.9 Å². The standard InChI is InChI=1S/C37H52N4O8/c1-24-20-41(25(2)22-42)36(44)30-18-28(38-37(45)39-29-14-16-32-33(19-29)48-23-47-32)13-15-31(30)49-26(3)10-8-9-17-46-34(24)21-40(4)35(43)27-11-6-5-7-12-27/h13-16,18-19,24-27,34,42H,5-12,17,20-23H2,1-4H3,(H2,38,39,45)/t24-,25+,26-,34+/m0/s1. The summed E-state index contributed by atoms with van der Waals surface area (Å²) in [5.41, 5.74) is 1.20. The molecule has 0 aromatic heterocycles. The van der Waals surface area contributed by atoms with Crippen LogP contribution in [0.4, 0.5) is 16.2 Å². The number of nitrogens with zero attached hydrogens (tertiary/aromatic N) is 2. The summed E-state index contributed by atoms with van der Waals surface area (Å²) in [4.78, 5) is 44.2. The number of carbonyl (C=O) groups is 3. The van der Waals surface area contributed by atoms with Gasteiger partial charge in [-0.3, -0.25) is 9.59 Å². The molecule has 0 spiro atoms. The molecule has 49 heavy (non-hydrogen) atoms. The second-order valence-electron chi connectivity index (χ2n) is 13.7. The second kappa shape index (κ2) is 17.1. The molecule has 2 heterocycles. The molecule has 3 N–H and O–H groups in total. The summed E-state index contributed by atoms with van der Waals surface area (Å²) in [6.45, 7) is 6.93. The maximum absolute atomic E-state index is 14.4. The number of likely N-dealkylation sites (N-methyl/N-ethyl adjacent to an activating group) is 1. The number of anilines is 2. The summed E-state index contributed by atoms with van der Waals surface area (Å²) in [6, 6.07) is 9.12. The summed E-state index contributed by atoms with van der Waals surface area (Å²) in [7, 11) is 1.85. The number of benzene rings is 2. The lowest BCUT2D eigenvalue weighted by Gasteiger charge is -2.36. The van der Waals surface area contributed by atoms with Gasteiger partial charge >= 0.3 is 6.03 Å². The lowest BCUT2D eigenvalue weighted by Crippen LogP contribution is -2.48. The zero-order valence-corrected chi connectivity index (χ0v) is 29.2. The minimum atomic E-state index is -0.513. The first kappa shape index (κ1) is 36.3. The zero-order valence-electron chi connectivity index (χ0n) is 29.2. The Morgan fingerprint density at radius 2 is 1.61 bits per heavy atom. The van der Waals surface area contributed by atoms with Crippen molar-refractivity contribution in [1.82, 2.24) is 9.80 Å². The lowest BCUT2D eigenvalue weighted by molar-refractivity contribution is -0.137. The fourth-order valence-corrected chi connectivity index (χ4v) is 6.75. The van der Waals surface area contributed by atoms with Gasteiger partial charge in [-0.1, -0.05) is 26.2 Å². The van der Waals surface area contributed by atoms with Crippen molar-refractivity contribution in [2.45, 2.75) is 90.4 Å². The number of rotatable bonds is 7. The predicted octanol–water partition coefficient (Wildman–Crippen LogP) is 5.89. The first-order chi connectivity index (χ1) is 23.6. The molecule has 12 heteroatoms. The first-order valence-electron chi connectivity index (χ1n) is 17.7. The quantitative estimate of drug-likeness (QED) is 0.329. The van der Waals surface area contributed by atoms with Crippen LogP contribution in [0.1, 0.15) is 82.5 Å². The molecule has 1 fully saturated rings. The molecule has 1 saturated carbocycles. The van der Waals surface area contributed by atoms with Crippen LogP contribution in [0.25, 0.3) is 0 Å². The molecule has 0 saturated heterocycles. The van der Waals surface area contributed by atoms with Crippen LogP contribution in [-0.4, -0.2) is 91.1 Å². The first-order valence-corrected chi connectivity index (χ1v) is 17.7. The van der Waals surface area contributed by atoms with Gasteiger partial charge < -0.3 is 44.5 Å². The van der Waals surface area contributed by atoms with E-state index in [1.165, 1.54) is 6.42 Å². The molecular weight excluding hydrogens is 628 g/mol. The average molecular weight is 681 g/mol. The molecule has 0 radical (unpaired) electrons. The van der Waals surface area contributed by atoms with E-state index in [-0.39, 0.29) is 61.4 Å². The molecule has 12 nitrogen and oxygen atoms in total. The molecule has 2 aromatic rings. The fraction of sp³-hybridized carbons (Fsp3) is 0.595. The maximum atomic E-state index is 14.4. The SMILES string of the molecule is C[C@H](CO)N1C[C@H](C)[C@@H](CN(C)C(=O)C2CCCCC2)OCCCC[C@H](C)Oc2ccc(NC(=O)Nc3ccc4c(c3)OCO4)cc2C1=O. The summed E-state index contributed by atoms with van der Waals surface area (Å²) >= 11 is 0. The monoisotopic (exact) mass is 680 g/mol. The van der Waals surface area contributed by atoms with Crippen LogP contribution in [0.2, 0.25) is 0 Å². The van der Waals surface area contributed by atoms with Gasteiger partial charge in [0.05, 0.1) is 30.4 Å². The van der Waals surface area contributed by atoms with E-state index in [0.29, 0.717) is 41.8 Å². The van der Waals surface area contributed by atoms with Crippen LogP contribution in [0, 0.1) is 11.8 Å². The number of hydrogen-bond donors (Lipinski definition) is 3. The highest BCUT2D eigenvalue weighted by atomic mass is 16.7. The van der Waals surface area contributed by atoms with Crippen LogP contribution in [0.3, 0.4) is 0 Å². The van der Waals surface area contributed by atoms with Crippen molar-refractivity contribution in [2.24, 2.45) is 11.8 Å². The van der Waals surface area contributed by atoms with Crippen molar-refractivity contribution in [3.63, 3.8) is 0 Å². The fourth-order valence-electron chi connectivity index (χ4n) is 6.75. The number of aliphatic hydroxyl groups excluding tert-OH is 1. The third kappa shape index (κ3) is 9.57. The minimum Gasteiger partial charge on any atom is -0.490 e. The van der Waals surface area contributed by atoms with E-state index in [1.807, 2.05) is 20.9 Å². The Kier molecular flexibility index (Phi) is 12.6. The number of fused-ring (bicyclic) bond motifs is 2. The van der Waals surface area contributed by atoms with Gasteiger partial charge in [-0.2, -0.15) is 0 Å². The Labute approximate surface area is 289 Å². The van der Waals surface area contributed by atoms with Gasteiger partial charge in [-0.05, 0) is 76.3 Å². The molecule has 2 aliphatic heterocycles. The number of ether oxygens (including phenoxy) is 4. The number of aliphatic hydroxyl groups is 1. The summed E-state index contributed by atoms with van der Waals surface area (Å²) < 4.78 is 23.5. The normalized spacial score (nSPS) is 22.7. The zero-order chi connectivity index (χ0) is 34.9. The molecule has 4 amide bonds. The third-order valence-corrected chi connectivity index (χ3v) is 9.72. The van der Waals surface area contributed by atoms with Crippen LogP contribution >= 0.6 is 0 Å². The van der Waals surface area contributed by atoms with Gasteiger partial charge in [0, 0.05) is 56.0 Å². The topological polar surface area (TPSA) is 139 Å². The Balaban J connectivity index is 1.36. The molecule has 268 valence electrons. The van der Waals surface area contributed by atoms with E-state index in [9.17, 15) is 19.5 Å². The van der Waals surface area contributed by atoms with Gasteiger partial charge in [-0.15, -0.1) is 0 Å². The van der Waals surface area contributed by atoms with E-state index < -0.39 is 12.1 Å². The highest BCUT2D eigenvalue weighted by Crippen LogP contribution is 2.34. The third-order valence-electron chi connectivity index (χ3n) is 9.72. The van der Waals surface area contributed by atoms with Crippen LogP contribution in [0.5, 0.6) is 17.2 Å². The van der Waals surface area contributed by atoms with Gasteiger partial charge in [0.1, 0.15) is 5.75 Å². The second-order valence-corrected chi connectivity index (χ2v) is 13.7. The van der Waals surface area contributed by atoms with Crippen molar-refractivity contribution in [1.29, 1.82) is 0 Å². The minimum absolute atomic E-state index is 0.0555. The van der Waals surface area contributed by atoms with Crippen molar-refractivity contribution < 1.29 is 38.4 Å². The van der Waals surface area contributed by atoms with Crippen LogP contribution < -0.4 is 24.8 Å². The predicted molar refractivity (Wildman–Crippen MR) is 186 cm³/mol. The Bertz CT molecular complexity index is 1450. The van der Waals surface area contributed by atoms with Gasteiger partial charge in [0.25, 0.3) is 5.91 Å². The van der Waals surface area contributed by atoms with Crippen molar-refractivity contribution in [2.75, 3.05) is 50.8 Å². The molecule has 5 rings (SSSR count). The summed E-state index contributed by atoms with van der Waals surface area (Å²) in [5.74, 6) is 1.29. The largest absolute Gasteiger partial charge is 0.490 e. The molecule has 1 aliphatic carbocycles. The van der Waals surface area contributed by atoms with Gasteiger partial charge in [-0.25, -0.2) is 4.79 Å². The molecule has 0 unspecified atom stereocenters. The van der Waals surface area contributed by atoms with E-state index in [1.54, 1.807) is 53.1 Å². The molecule has 4 atom stereocenters. The Hall–Kier alpha value is -4.03. The van der Waals surface area contributed by atoms with E-state index in [0.717, 1.165) is 44.9 Å². The number of amides is 4. The molecular formula is C37H52N4O8. The summed E-state index contributed by atoms with van der Waals surface area (Å²) in [6.07, 6.45) is 7.19. The van der Waals surface area contributed by atoms with Gasteiger partial charge in [0.2, 0.25) is 12.7 Å². The Morgan fingerprint density at radius 3 is 2.35 bits per heavy atom. The Morgan fingerprint density at radius 1 is 0.939 bits per heavy atom. The number of urea groups is 1. The number of hydrogen-bond acceptors (Lipinski definition) is 8. The smallest absolute Gasteiger partial charge is 0.323 e.